The number of nitrogens with one attached hydrogen (secondary N) is 2. The Morgan fingerprint density at radius 1 is 1.26 bits per heavy atom. The molecule has 0 heterocycles. The number of carbonyl (C=O) groups is 2. The summed E-state index contributed by atoms with van der Waals surface area (Å²) in [6.07, 6.45) is 2.37. The van der Waals surface area contributed by atoms with E-state index in [0.717, 1.165) is 12.8 Å². The van der Waals surface area contributed by atoms with Crippen LogP contribution in [0, 0.1) is 5.92 Å². The van der Waals surface area contributed by atoms with Gasteiger partial charge in [0.2, 0.25) is 5.91 Å². The zero-order chi connectivity index (χ0) is 14.7. The van der Waals surface area contributed by atoms with Crippen molar-refractivity contribution in [1.29, 1.82) is 0 Å². The van der Waals surface area contributed by atoms with E-state index in [0.29, 0.717) is 19.6 Å². The lowest BCUT2D eigenvalue weighted by atomic mass is 10.0. The number of carboxylic acid groups (broad SMARTS) is 1. The summed E-state index contributed by atoms with van der Waals surface area (Å²) in [5.74, 6) is -1.11. The van der Waals surface area contributed by atoms with E-state index in [-0.39, 0.29) is 24.4 Å². The maximum atomic E-state index is 11.4. The molecule has 0 radical (unpaired) electrons. The zero-order valence-corrected chi connectivity index (χ0v) is 12.1. The SMILES string of the molecule is COCCNC(=O)CNC(C)CCCC(C)C(=O)O. The highest BCUT2D eigenvalue weighted by Gasteiger charge is 2.11. The lowest BCUT2D eigenvalue weighted by Gasteiger charge is -2.14. The Labute approximate surface area is 114 Å². The lowest BCUT2D eigenvalue weighted by molar-refractivity contribution is -0.141. The van der Waals surface area contributed by atoms with E-state index in [1.807, 2.05) is 6.92 Å². The van der Waals surface area contributed by atoms with Gasteiger partial charge in [0.25, 0.3) is 0 Å². The predicted molar refractivity (Wildman–Crippen MR) is 73.0 cm³/mol. The van der Waals surface area contributed by atoms with Crippen LogP contribution in [-0.4, -0.2) is 49.8 Å². The Bertz CT molecular complexity index is 271. The Hall–Kier alpha value is -1.14. The van der Waals surface area contributed by atoms with Crippen molar-refractivity contribution in [1.82, 2.24) is 10.6 Å². The maximum absolute atomic E-state index is 11.4. The maximum Gasteiger partial charge on any atom is 0.306 e. The molecule has 0 aliphatic heterocycles. The summed E-state index contributed by atoms with van der Waals surface area (Å²) in [5, 5.41) is 14.6. The molecule has 2 atom stereocenters. The highest BCUT2D eigenvalue weighted by Crippen LogP contribution is 2.09. The van der Waals surface area contributed by atoms with Crippen molar-refractivity contribution in [2.75, 3.05) is 26.8 Å². The number of hydrogen-bond donors (Lipinski definition) is 3. The zero-order valence-electron chi connectivity index (χ0n) is 12.1. The molecule has 2 unspecified atom stereocenters. The number of carbonyl (C=O) groups excluding carboxylic acids is 1. The molecule has 6 nitrogen and oxygen atoms in total. The first-order valence-electron chi connectivity index (χ1n) is 6.69. The molecule has 0 bridgehead atoms. The van der Waals surface area contributed by atoms with Gasteiger partial charge < -0.3 is 20.5 Å². The van der Waals surface area contributed by atoms with Gasteiger partial charge in [-0.3, -0.25) is 9.59 Å². The summed E-state index contributed by atoms with van der Waals surface area (Å²) in [7, 11) is 1.59. The van der Waals surface area contributed by atoms with Crippen LogP contribution in [0.15, 0.2) is 0 Å². The molecule has 0 aromatic rings. The molecule has 0 aromatic carbocycles. The smallest absolute Gasteiger partial charge is 0.306 e. The molecule has 0 saturated carbocycles. The molecule has 6 heteroatoms. The van der Waals surface area contributed by atoms with Crippen LogP contribution in [0.4, 0.5) is 0 Å². The number of rotatable bonds is 11. The fraction of sp³-hybridized carbons (Fsp3) is 0.846. The molecule has 0 fully saturated rings. The number of methoxy groups -OCH3 is 1. The molecule has 0 saturated heterocycles. The van der Waals surface area contributed by atoms with Crippen LogP contribution in [0.5, 0.6) is 0 Å². The standard InChI is InChI=1S/C13H26N2O4/c1-10(13(17)18)5-4-6-11(2)15-9-12(16)14-7-8-19-3/h10-11,15H,4-9H2,1-3H3,(H,14,16)(H,17,18). The largest absolute Gasteiger partial charge is 0.481 e. The summed E-state index contributed by atoms with van der Waals surface area (Å²) in [4.78, 5) is 22.0. The van der Waals surface area contributed by atoms with Crippen LogP contribution in [0.1, 0.15) is 33.1 Å². The molecule has 112 valence electrons. The Kier molecular flexibility index (Phi) is 10.1. The third-order valence-corrected chi connectivity index (χ3v) is 2.94. The number of amides is 1. The van der Waals surface area contributed by atoms with Crippen molar-refractivity contribution in [3.63, 3.8) is 0 Å². The van der Waals surface area contributed by atoms with Gasteiger partial charge in [-0.2, -0.15) is 0 Å². The van der Waals surface area contributed by atoms with E-state index in [1.54, 1.807) is 14.0 Å². The van der Waals surface area contributed by atoms with E-state index >= 15 is 0 Å². The Balaban J connectivity index is 3.55. The molecule has 19 heavy (non-hydrogen) atoms. The number of hydrogen-bond acceptors (Lipinski definition) is 4. The second-order valence-electron chi connectivity index (χ2n) is 4.79. The molecule has 0 rings (SSSR count). The monoisotopic (exact) mass is 274 g/mol. The molecule has 0 aliphatic rings. The average molecular weight is 274 g/mol. The predicted octanol–water partition coefficient (Wildman–Crippen LogP) is 0.618. The van der Waals surface area contributed by atoms with E-state index < -0.39 is 5.97 Å². The van der Waals surface area contributed by atoms with Crippen molar-refractivity contribution in [3.8, 4) is 0 Å². The molecular weight excluding hydrogens is 248 g/mol. The van der Waals surface area contributed by atoms with Crippen LogP contribution in [0.25, 0.3) is 0 Å². The second kappa shape index (κ2) is 10.8. The van der Waals surface area contributed by atoms with Crippen molar-refractivity contribution >= 4 is 11.9 Å². The second-order valence-corrected chi connectivity index (χ2v) is 4.79. The Morgan fingerprint density at radius 2 is 1.95 bits per heavy atom. The van der Waals surface area contributed by atoms with Crippen LogP contribution in [0.3, 0.4) is 0 Å². The number of aliphatic carboxylic acids is 1. The fourth-order valence-electron chi connectivity index (χ4n) is 1.58. The van der Waals surface area contributed by atoms with E-state index in [4.69, 9.17) is 9.84 Å². The van der Waals surface area contributed by atoms with Crippen LogP contribution < -0.4 is 10.6 Å². The van der Waals surface area contributed by atoms with Gasteiger partial charge in [0.1, 0.15) is 0 Å². The summed E-state index contributed by atoms with van der Waals surface area (Å²) >= 11 is 0. The Morgan fingerprint density at radius 3 is 2.53 bits per heavy atom. The van der Waals surface area contributed by atoms with Crippen LogP contribution >= 0.6 is 0 Å². The van der Waals surface area contributed by atoms with Crippen molar-refractivity contribution in [3.05, 3.63) is 0 Å². The van der Waals surface area contributed by atoms with E-state index in [9.17, 15) is 9.59 Å². The molecule has 0 spiro atoms. The average Bonchev–Trinajstić information content (AvgIpc) is 2.36. The summed E-state index contributed by atoms with van der Waals surface area (Å²) in [6, 6.07) is 0.203. The summed E-state index contributed by atoms with van der Waals surface area (Å²) in [6.45, 7) is 5.01. The fourth-order valence-corrected chi connectivity index (χ4v) is 1.58. The number of ether oxygens (including phenoxy) is 1. The highest BCUT2D eigenvalue weighted by atomic mass is 16.5. The molecule has 0 aromatic heterocycles. The minimum atomic E-state index is -0.752. The van der Waals surface area contributed by atoms with Crippen LogP contribution in [-0.2, 0) is 14.3 Å². The first kappa shape index (κ1) is 17.9. The normalized spacial score (nSPS) is 13.8. The van der Waals surface area contributed by atoms with Gasteiger partial charge in [0.05, 0.1) is 19.1 Å². The van der Waals surface area contributed by atoms with Gasteiger partial charge in [-0.25, -0.2) is 0 Å². The lowest BCUT2D eigenvalue weighted by Crippen LogP contribution is -2.39. The topological polar surface area (TPSA) is 87.7 Å². The van der Waals surface area contributed by atoms with Gasteiger partial charge in [-0.05, 0) is 19.8 Å². The van der Waals surface area contributed by atoms with Gasteiger partial charge >= 0.3 is 5.97 Å². The highest BCUT2D eigenvalue weighted by molar-refractivity contribution is 5.77. The van der Waals surface area contributed by atoms with E-state index in [1.165, 1.54) is 0 Å². The third kappa shape index (κ3) is 10.5. The van der Waals surface area contributed by atoms with Gasteiger partial charge in [0.15, 0.2) is 0 Å². The van der Waals surface area contributed by atoms with Crippen LogP contribution in [0.2, 0.25) is 0 Å². The minimum Gasteiger partial charge on any atom is -0.481 e. The van der Waals surface area contributed by atoms with Gasteiger partial charge in [-0.15, -0.1) is 0 Å². The van der Waals surface area contributed by atoms with Gasteiger partial charge in [0, 0.05) is 19.7 Å². The third-order valence-electron chi connectivity index (χ3n) is 2.94. The first-order chi connectivity index (χ1) is 8.97. The molecular formula is C13H26N2O4. The quantitative estimate of drug-likeness (QED) is 0.481. The van der Waals surface area contributed by atoms with Crippen molar-refractivity contribution in [2.45, 2.75) is 39.2 Å². The molecule has 0 aliphatic carbocycles. The first-order valence-corrected chi connectivity index (χ1v) is 6.69. The minimum absolute atomic E-state index is 0.0530. The van der Waals surface area contributed by atoms with Gasteiger partial charge in [-0.1, -0.05) is 13.3 Å². The van der Waals surface area contributed by atoms with Crippen molar-refractivity contribution in [2.24, 2.45) is 5.92 Å². The van der Waals surface area contributed by atoms with E-state index in [2.05, 4.69) is 10.6 Å². The van der Waals surface area contributed by atoms with Crippen molar-refractivity contribution < 1.29 is 19.4 Å². The summed E-state index contributed by atoms with van der Waals surface area (Å²) in [5.41, 5.74) is 0. The molecule has 1 amide bonds. The molecule has 3 N–H and O–H groups in total. The number of carboxylic acids is 1. The summed E-state index contributed by atoms with van der Waals surface area (Å²) < 4.78 is 4.83.